The molecule has 1 aliphatic rings. The lowest BCUT2D eigenvalue weighted by atomic mass is 10.0. The molecule has 0 aliphatic heterocycles. The van der Waals surface area contributed by atoms with Gasteiger partial charge in [-0.25, -0.2) is 0 Å². The number of nitrogens with zero attached hydrogens (tertiary/aromatic N) is 1. The van der Waals surface area contributed by atoms with E-state index in [1.165, 1.54) is 22.5 Å². The second kappa shape index (κ2) is 6.97. The van der Waals surface area contributed by atoms with Crippen molar-refractivity contribution in [2.45, 2.75) is 13.3 Å². The quantitative estimate of drug-likeness (QED) is 0.660. The van der Waals surface area contributed by atoms with E-state index in [-0.39, 0.29) is 0 Å². The summed E-state index contributed by atoms with van der Waals surface area (Å²) in [6.07, 6.45) is 11.4. The zero-order valence-corrected chi connectivity index (χ0v) is 13.4. The third kappa shape index (κ3) is 3.35. The molecular weight excluding hydrogens is 278 g/mol. The summed E-state index contributed by atoms with van der Waals surface area (Å²) in [6.45, 7) is 5.97. The van der Waals surface area contributed by atoms with Crippen molar-refractivity contribution in [3.05, 3.63) is 108 Å². The van der Waals surface area contributed by atoms with Gasteiger partial charge in [-0.3, -0.25) is 0 Å². The number of anilines is 2. The first-order chi connectivity index (χ1) is 11.3. The van der Waals surface area contributed by atoms with Crippen LogP contribution in [0, 0.1) is 6.92 Å². The summed E-state index contributed by atoms with van der Waals surface area (Å²) < 4.78 is 0. The molecule has 0 saturated carbocycles. The van der Waals surface area contributed by atoms with Crippen molar-refractivity contribution in [1.82, 2.24) is 0 Å². The Morgan fingerprint density at radius 3 is 2.35 bits per heavy atom. The first kappa shape index (κ1) is 15.1. The number of hydrogen-bond acceptors (Lipinski definition) is 1. The molecule has 0 aromatic heterocycles. The number of benzene rings is 2. The molecule has 2 aromatic rings. The van der Waals surface area contributed by atoms with Crippen LogP contribution >= 0.6 is 0 Å². The van der Waals surface area contributed by atoms with E-state index in [0.29, 0.717) is 0 Å². The van der Waals surface area contributed by atoms with Crippen molar-refractivity contribution >= 4 is 11.4 Å². The average molecular weight is 299 g/mol. The number of hydrogen-bond donors (Lipinski definition) is 0. The van der Waals surface area contributed by atoms with Crippen LogP contribution in [-0.4, -0.2) is 0 Å². The Balaban J connectivity index is 2.14. The van der Waals surface area contributed by atoms with Crippen LogP contribution in [0.25, 0.3) is 0 Å². The predicted octanol–water partition coefficient (Wildman–Crippen LogP) is 6.09. The minimum atomic E-state index is 0.924. The lowest BCUT2D eigenvalue weighted by Crippen LogP contribution is -2.19. The van der Waals surface area contributed by atoms with Gasteiger partial charge in [0.15, 0.2) is 0 Å². The first-order valence-electron chi connectivity index (χ1n) is 7.90. The SMILES string of the molecule is C=C/C=C1\CC=CC=C1N(c1ccccc1)c1ccc(C)cc1. The van der Waals surface area contributed by atoms with Gasteiger partial charge in [0, 0.05) is 17.1 Å². The van der Waals surface area contributed by atoms with Gasteiger partial charge in [-0.1, -0.05) is 66.8 Å². The van der Waals surface area contributed by atoms with Crippen LogP contribution in [0.1, 0.15) is 12.0 Å². The maximum absolute atomic E-state index is 3.86. The molecule has 1 aliphatic carbocycles. The molecule has 0 unspecified atom stereocenters. The van der Waals surface area contributed by atoms with Gasteiger partial charge in [-0.2, -0.15) is 0 Å². The van der Waals surface area contributed by atoms with E-state index in [1.807, 2.05) is 12.1 Å². The molecule has 114 valence electrons. The van der Waals surface area contributed by atoms with Gasteiger partial charge in [0.05, 0.1) is 0 Å². The van der Waals surface area contributed by atoms with E-state index >= 15 is 0 Å². The van der Waals surface area contributed by atoms with Crippen LogP contribution < -0.4 is 4.90 Å². The monoisotopic (exact) mass is 299 g/mol. The van der Waals surface area contributed by atoms with Gasteiger partial charge < -0.3 is 4.90 Å². The van der Waals surface area contributed by atoms with Gasteiger partial charge in [0.2, 0.25) is 0 Å². The lowest BCUT2D eigenvalue weighted by molar-refractivity contribution is 1.09. The number of aryl methyl sites for hydroxylation is 1. The summed E-state index contributed by atoms with van der Waals surface area (Å²) in [6, 6.07) is 19.1. The summed E-state index contributed by atoms with van der Waals surface area (Å²) >= 11 is 0. The Hall–Kier alpha value is -2.80. The van der Waals surface area contributed by atoms with E-state index in [2.05, 4.69) is 91.2 Å². The van der Waals surface area contributed by atoms with Gasteiger partial charge in [0.25, 0.3) is 0 Å². The minimum absolute atomic E-state index is 0.924. The molecule has 0 radical (unpaired) electrons. The average Bonchev–Trinajstić information content (AvgIpc) is 2.60. The molecule has 23 heavy (non-hydrogen) atoms. The van der Waals surface area contributed by atoms with E-state index in [0.717, 1.165) is 12.1 Å². The fraction of sp³-hybridized carbons (Fsp3) is 0.0909. The molecule has 0 spiro atoms. The summed E-state index contributed by atoms with van der Waals surface area (Å²) in [5.74, 6) is 0. The largest absolute Gasteiger partial charge is 0.310 e. The normalized spacial score (nSPS) is 15.3. The highest BCUT2D eigenvalue weighted by Gasteiger charge is 2.18. The van der Waals surface area contributed by atoms with Gasteiger partial charge in [-0.15, -0.1) is 0 Å². The third-order valence-corrected chi connectivity index (χ3v) is 3.92. The van der Waals surface area contributed by atoms with Crippen molar-refractivity contribution in [2.24, 2.45) is 0 Å². The van der Waals surface area contributed by atoms with Crippen molar-refractivity contribution in [3.63, 3.8) is 0 Å². The van der Waals surface area contributed by atoms with Gasteiger partial charge in [-0.05, 0) is 49.3 Å². The van der Waals surface area contributed by atoms with Crippen LogP contribution in [0.2, 0.25) is 0 Å². The van der Waals surface area contributed by atoms with Crippen molar-refractivity contribution < 1.29 is 0 Å². The fourth-order valence-electron chi connectivity index (χ4n) is 2.78. The number of para-hydroxylation sites is 1. The molecule has 0 fully saturated rings. The Morgan fingerprint density at radius 1 is 0.957 bits per heavy atom. The van der Waals surface area contributed by atoms with Crippen LogP contribution in [0.4, 0.5) is 11.4 Å². The third-order valence-electron chi connectivity index (χ3n) is 3.92. The maximum Gasteiger partial charge on any atom is 0.0496 e. The van der Waals surface area contributed by atoms with E-state index in [4.69, 9.17) is 0 Å². The highest BCUT2D eigenvalue weighted by atomic mass is 15.1. The molecule has 0 atom stereocenters. The maximum atomic E-state index is 3.86. The molecule has 3 rings (SSSR count). The molecule has 0 bridgehead atoms. The van der Waals surface area contributed by atoms with E-state index in [1.54, 1.807) is 0 Å². The van der Waals surface area contributed by atoms with E-state index < -0.39 is 0 Å². The molecule has 1 heteroatoms. The zero-order chi connectivity index (χ0) is 16.1. The van der Waals surface area contributed by atoms with Crippen LogP contribution in [0.3, 0.4) is 0 Å². The molecule has 0 heterocycles. The standard InChI is InChI=1S/C22H21N/c1-3-9-19-10-7-8-13-22(19)23(20-11-5-4-6-12-20)21-16-14-18(2)15-17-21/h3-9,11-17H,1,10H2,2H3/b19-9+. The van der Waals surface area contributed by atoms with Gasteiger partial charge in [0.1, 0.15) is 0 Å². The fourth-order valence-corrected chi connectivity index (χ4v) is 2.78. The van der Waals surface area contributed by atoms with Crippen LogP contribution in [0.15, 0.2) is 103 Å². The second-order valence-electron chi connectivity index (χ2n) is 5.62. The second-order valence-corrected chi connectivity index (χ2v) is 5.62. The Morgan fingerprint density at radius 2 is 1.65 bits per heavy atom. The molecular formula is C22H21N. The van der Waals surface area contributed by atoms with E-state index in [9.17, 15) is 0 Å². The zero-order valence-electron chi connectivity index (χ0n) is 13.4. The van der Waals surface area contributed by atoms with Crippen molar-refractivity contribution in [2.75, 3.05) is 4.90 Å². The Kier molecular flexibility index (Phi) is 4.58. The summed E-state index contributed by atoms with van der Waals surface area (Å²) in [7, 11) is 0. The molecule has 0 N–H and O–H groups in total. The summed E-state index contributed by atoms with van der Waals surface area (Å²) in [5.41, 5.74) is 6.06. The van der Waals surface area contributed by atoms with Crippen molar-refractivity contribution in [3.8, 4) is 0 Å². The molecule has 1 nitrogen and oxygen atoms in total. The van der Waals surface area contributed by atoms with Crippen LogP contribution in [-0.2, 0) is 0 Å². The lowest BCUT2D eigenvalue weighted by Gasteiger charge is -2.30. The molecule has 2 aromatic carbocycles. The predicted molar refractivity (Wildman–Crippen MR) is 99.9 cm³/mol. The highest BCUT2D eigenvalue weighted by molar-refractivity contribution is 5.72. The minimum Gasteiger partial charge on any atom is -0.310 e. The number of rotatable bonds is 4. The Bertz CT molecular complexity index is 761. The highest BCUT2D eigenvalue weighted by Crippen LogP contribution is 2.35. The van der Waals surface area contributed by atoms with Gasteiger partial charge >= 0.3 is 0 Å². The van der Waals surface area contributed by atoms with Crippen LogP contribution in [0.5, 0.6) is 0 Å². The molecule has 0 saturated heterocycles. The Labute approximate surface area is 138 Å². The number of allylic oxidation sites excluding steroid dienone is 6. The van der Waals surface area contributed by atoms with Crippen molar-refractivity contribution in [1.29, 1.82) is 0 Å². The topological polar surface area (TPSA) is 3.24 Å². The first-order valence-corrected chi connectivity index (χ1v) is 7.90. The summed E-state index contributed by atoms with van der Waals surface area (Å²) in [5, 5.41) is 0. The smallest absolute Gasteiger partial charge is 0.0496 e. The summed E-state index contributed by atoms with van der Waals surface area (Å²) in [4.78, 5) is 2.30. The molecule has 0 amide bonds.